The Labute approximate surface area is 542 Å². The van der Waals surface area contributed by atoms with Crippen LogP contribution in [0.1, 0.15) is 18.4 Å². The average Bonchev–Trinajstić information content (AvgIpc) is 0.781. The molecule has 41 nitrogen and oxygen atoms in total. The van der Waals surface area contributed by atoms with Gasteiger partial charge in [0, 0.05) is 25.8 Å². The van der Waals surface area contributed by atoms with E-state index in [-0.39, 0.29) is 12.2 Å². The summed E-state index contributed by atoms with van der Waals surface area (Å²) in [7, 11) is 0. The van der Waals surface area contributed by atoms with Crippen LogP contribution in [-0.4, -0.2) is 397 Å². The zero-order valence-electron chi connectivity index (χ0n) is 50.4. The standard InChI is InChI=1S/C55H84N2O39/c58-9-19-42-29(69)36(76)51(85-19)93-44-21(11-60)87-53(38(78)31(44)71)95-46-23(13-62)89-55(40(80)33(46)73)96-47-24(14-63)88-54(39(79)32(47)72)94-45-22(12-61)86-52(37(77)30(45)70)92-43-20(10-59)84-50(35(75)28(43)68)90-41-18(83-49(91-42)34(74)27(41)67)8-56-25(65)5-6-26(66)57-17(48(81)82)7-15-1-3-16(64)4-2-15/h1-4,17-24,27-47,49-55,58-64,67-80H,5-14H2,(H,56,65)(H,57,66)(H,81,82)/t17-,18+,19+,20+,21+,22+,23+,24+,27+,28+,29+,30+,31+,32+,33+,34+,35+,36+,37+,38+,39+,40+,41+,42+,43+,44+,45+,46+,47+,49+,50+,51+,52+,53+,54+,55+/m0/s1. The summed E-state index contributed by atoms with van der Waals surface area (Å²) in [5, 5.41) is 248. The zero-order chi connectivity index (χ0) is 69.9. The third kappa shape index (κ3) is 16.5. The molecule has 24 N–H and O–H groups in total. The maximum atomic E-state index is 13.4. The molecule has 0 aliphatic carbocycles. The van der Waals surface area contributed by atoms with Gasteiger partial charge in [0.15, 0.2) is 44.0 Å². The Morgan fingerprint density at radius 2 is 0.562 bits per heavy atom. The number of rotatable bonds is 15. The second-order valence-electron chi connectivity index (χ2n) is 24.1. The number of aliphatic hydroxyl groups is 20. The number of carboxylic acids is 1. The molecule has 0 spiro atoms. The fourth-order valence-electron chi connectivity index (χ4n) is 12.3. The summed E-state index contributed by atoms with van der Waals surface area (Å²) in [6, 6.07) is 3.95. The average molecular weight is 1400 g/mol. The molecule has 21 fully saturated rings. The lowest BCUT2D eigenvalue weighted by Crippen LogP contribution is -2.68. The summed E-state index contributed by atoms with van der Waals surface area (Å²) in [6.07, 6.45) is -74.8. The number of hydrogen-bond donors (Lipinski definition) is 24. The van der Waals surface area contributed by atoms with Gasteiger partial charge < -0.3 is 189 Å². The number of phenols is 1. The van der Waals surface area contributed by atoms with Crippen LogP contribution in [0.25, 0.3) is 0 Å². The molecule has 0 saturated carbocycles. The van der Waals surface area contributed by atoms with Crippen molar-refractivity contribution in [3.8, 4) is 5.75 Å². The molecule has 41 heteroatoms. The number of carboxylic acid groups (broad SMARTS) is 1. The van der Waals surface area contributed by atoms with Crippen molar-refractivity contribution in [2.45, 2.75) is 240 Å². The minimum absolute atomic E-state index is 0.104. The van der Waals surface area contributed by atoms with E-state index in [1.165, 1.54) is 24.3 Å². The molecule has 1 aromatic rings. The van der Waals surface area contributed by atoms with Crippen LogP contribution in [0.15, 0.2) is 24.3 Å². The predicted molar refractivity (Wildman–Crippen MR) is 295 cm³/mol. The Bertz CT molecular complexity index is 2630. The lowest BCUT2D eigenvalue weighted by atomic mass is 9.95. The van der Waals surface area contributed by atoms with Gasteiger partial charge in [-0.05, 0) is 17.7 Å². The molecular formula is C55H84N2O39. The molecule has 2 amide bonds. The molecule has 36 atom stereocenters. The molecule has 1 aromatic carbocycles. The Morgan fingerprint density at radius 3 is 0.802 bits per heavy atom. The van der Waals surface area contributed by atoms with Crippen molar-refractivity contribution in [3.63, 3.8) is 0 Å². The third-order valence-corrected chi connectivity index (χ3v) is 17.7. The summed E-state index contributed by atoms with van der Waals surface area (Å²) in [4.78, 5) is 38.5. The highest BCUT2D eigenvalue weighted by atomic mass is 16.8. The number of phenolic OH excluding ortho intramolecular Hbond substituents is 1. The smallest absolute Gasteiger partial charge is 0.326 e. The Balaban J connectivity index is 0.984. The number of carbonyl (C=O) groups is 3. The van der Waals surface area contributed by atoms with Crippen molar-refractivity contribution in [1.29, 1.82) is 0 Å². The van der Waals surface area contributed by atoms with Crippen LogP contribution < -0.4 is 10.6 Å². The van der Waals surface area contributed by atoms with Gasteiger partial charge in [-0.2, -0.15) is 0 Å². The van der Waals surface area contributed by atoms with Gasteiger partial charge in [-0.3, -0.25) is 9.59 Å². The number of benzene rings is 1. The Kier molecular flexibility index (Phi) is 26.4. The fourth-order valence-corrected chi connectivity index (χ4v) is 12.3. The van der Waals surface area contributed by atoms with E-state index in [1.807, 2.05) is 0 Å². The second kappa shape index (κ2) is 33.2. The summed E-state index contributed by atoms with van der Waals surface area (Å²) in [5.41, 5.74) is 0.420. The van der Waals surface area contributed by atoms with Gasteiger partial charge in [0.2, 0.25) is 11.8 Å². The normalized spacial score (nSPS) is 46.9. The van der Waals surface area contributed by atoms with Crippen molar-refractivity contribution < 1.29 is 193 Å². The van der Waals surface area contributed by atoms with Gasteiger partial charge in [0.25, 0.3) is 0 Å². The van der Waals surface area contributed by atoms with Gasteiger partial charge in [-0.1, -0.05) is 12.1 Å². The van der Waals surface area contributed by atoms with E-state index in [9.17, 15) is 127 Å². The molecule has 21 aliphatic rings. The van der Waals surface area contributed by atoms with Gasteiger partial charge in [0.05, 0.1) is 39.6 Å². The summed E-state index contributed by atoms with van der Waals surface area (Å²) in [6.45, 7) is -7.45. The minimum atomic E-state index is -2.35. The molecule has 14 bridgehead atoms. The molecule has 21 heterocycles. The highest BCUT2D eigenvalue weighted by Gasteiger charge is 2.60. The fraction of sp³-hybridized carbons (Fsp3) is 0.836. The van der Waals surface area contributed by atoms with Crippen LogP contribution in [0.5, 0.6) is 5.75 Å². The summed E-state index contributed by atoms with van der Waals surface area (Å²) >= 11 is 0. The summed E-state index contributed by atoms with van der Waals surface area (Å²) in [5.74, 6) is -3.41. The van der Waals surface area contributed by atoms with Crippen LogP contribution in [0.4, 0.5) is 0 Å². The predicted octanol–water partition coefficient (Wildman–Crippen LogP) is -14.8. The van der Waals surface area contributed by atoms with Gasteiger partial charge in [-0.15, -0.1) is 0 Å². The van der Waals surface area contributed by atoms with Crippen LogP contribution >= 0.6 is 0 Å². The largest absolute Gasteiger partial charge is 0.508 e. The van der Waals surface area contributed by atoms with E-state index in [0.29, 0.717) is 5.56 Å². The van der Waals surface area contributed by atoms with E-state index in [2.05, 4.69) is 10.6 Å². The number of aromatic hydroxyl groups is 1. The van der Waals surface area contributed by atoms with Crippen molar-refractivity contribution in [2.24, 2.45) is 0 Å². The number of aliphatic hydroxyl groups excluding tert-OH is 20. The Hall–Kier alpha value is -3.93. The van der Waals surface area contributed by atoms with E-state index >= 15 is 0 Å². The minimum Gasteiger partial charge on any atom is -0.508 e. The Morgan fingerprint density at radius 1 is 0.333 bits per heavy atom. The maximum absolute atomic E-state index is 13.4. The van der Waals surface area contributed by atoms with Crippen molar-refractivity contribution in [3.05, 3.63) is 29.8 Å². The molecule has 96 heavy (non-hydrogen) atoms. The number of amides is 2. The van der Waals surface area contributed by atoms with Crippen molar-refractivity contribution >= 4 is 17.8 Å². The molecular weight excluding hydrogens is 1310 g/mol. The van der Waals surface area contributed by atoms with Crippen LogP contribution in [0.3, 0.4) is 0 Å². The first-order valence-electron chi connectivity index (χ1n) is 30.6. The maximum Gasteiger partial charge on any atom is 0.326 e. The molecule has 21 saturated heterocycles. The highest BCUT2D eigenvalue weighted by Crippen LogP contribution is 2.39. The lowest BCUT2D eigenvalue weighted by molar-refractivity contribution is -0.396. The van der Waals surface area contributed by atoms with Gasteiger partial charge in [-0.25, -0.2) is 4.79 Å². The van der Waals surface area contributed by atoms with Gasteiger partial charge >= 0.3 is 5.97 Å². The first-order chi connectivity index (χ1) is 45.7. The van der Waals surface area contributed by atoms with Crippen molar-refractivity contribution in [2.75, 3.05) is 46.2 Å². The monoisotopic (exact) mass is 1400 g/mol. The van der Waals surface area contributed by atoms with Crippen molar-refractivity contribution in [1.82, 2.24) is 10.6 Å². The number of carbonyl (C=O) groups excluding carboxylic acids is 2. The molecule has 21 aliphatic heterocycles. The molecule has 0 radical (unpaired) electrons. The van der Waals surface area contributed by atoms with E-state index in [0.717, 1.165) is 0 Å². The quantitative estimate of drug-likeness (QED) is 0.0775. The SMILES string of the molecule is O=C(CCC(=O)N[C@@H](Cc1ccc(O)cc1)C(=O)O)NC[C@H]1O[C@@H]2O[C@H]3[C@H](O)[C@@H](O)[C@@H](O[C@H]4[C@H](O)[C@@H](O)[C@@H](O[C@H]5[C@H](O)[C@@H](O)[C@@H](O[C@H]6[C@H](O)[C@@H](O)[C@@H](O[C@H]7[C@H](O)[C@@H](O)[C@@H](O[C@H]8[C@H](O)[C@@H](O)[C@@H](O[C@H]1[C@H](O)[C@H]2O)O[C@@H]8CO)O[C@@H]7CO)O[C@@H]6CO)O[C@@H]5CO)O[C@@H]4CO)O[C@@H]3CO. The topological polar surface area (TPSA) is 650 Å². The van der Waals surface area contributed by atoms with Gasteiger partial charge in [0.1, 0.15) is 183 Å². The van der Waals surface area contributed by atoms with Crippen LogP contribution in [0.2, 0.25) is 0 Å². The third-order valence-electron chi connectivity index (χ3n) is 17.7. The second-order valence-corrected chi connectivity index (χ2v) is 24.1. The first kappa shape index (κ1) is 76.3. The van der Waals surface area contributed by atoms with E-state index in [1.54, 1.807) is 0 Å². The summed E-state index contributed by atoms with van der Waals surface area (Å²) < 4.78 is 80.8. The number of aliphatic carboxylic acids is 1. The molecule has 0 aromatic heterocycles. The number of ether oxygens (including phenoxy) is 14. The van der Waals surface area contributed by atoms with E-state index < -0.39 is 298 Å². The van der Waals surface area contributed by atoms with Crippen LogP contribution in [0, 0.1) is 0 Å². The number of nitrogens with one attached hydrogen (secondary N) is 2. The number of hydrogen-bond acceptors (Lipinski definition) is 38. The zero-order valence-corrected chi connectivity index (χ0v) is 50.4. The van der Waals surface area contributed by atoms with E-state index in [4.69, 9.17) is 66.3 Å². The first-order valence-corrected chi connectivity index (χ1v) is 30.6. The van der Waals surface area contributed by atoms with Crippen LogP contribution in [-0.2, 0) is 87.1 Å². The lowest BCUT2D eigenvalue weighted by Gasteiger charge is -2.50. The molecule has 22 rings (SSSR count). The molecule has 548 valence electrons. The highest BCUT2D eigenvalue weighted by molar-refractivity contribution is 5.87. The molecule has 0 unspecified atom stereocenters.